The summed E-state index contributed by atoms with van der Waals surface area (Å²) in [6.07, 6.45) is 1.56. The quantitative estimate of drug-likeness (QED) is 0.723. The van der Waals surface area contributed by atoms with Crippen LogP contribution < -0.4 is 10.3 Å². The van der Waals surface area contributed by atoms with Gasteiger partial charge in [-0.3, -0.25) is 9.36 Å². The molecule has 0 N–H and O–H groups in total. The fraction of sp³-hybridized carbons (Fsp3) is 0.200. The van der Waals surface area contributed by atoms with E-state index in [4.69, 9.17) is 21.1 Å². The molecule has 0 atom stereocenters. The van der Waals surface area contributed by atoms with Crippen LogP contribution in [0.5, 0.6) is 5.75 Å². The number of hydrogen-bond donors (Lipinski definition) is 0. The molecule has 0 bridgehead atoms. The Bertz CT molecular complexity index is 919. The van der Waals surface area contributed by atoms with Crippen LogP contribution in [0.15, 0.2) is 34.7 Å². The van der Waals surface area contributed by atoms with Crippen LogP contribution in [-0.2, 0) is 17.9 Å². The van der Waals surface area contributed by atoms with Crippen LogP contribution in [0.1, 0.15) is 11.1 Å². The molecule has 22 heavy (non-hydrogen) atoms. The molecule has 5 nitrogen and oxygen atoms in total. The summed E-state index contributed by atoms with van der Waals surface area (Å²) >= 11 is 7.61. The largest absolute Gasteiger partial charge is 0.467 e. The van der Waals surface area contributed by atoms with E-state index in [1.165, 1.54) is 11.3 Å². The van der Waals surface area contributed by atoms with Crippen LogP contribution in [0.3, 0.4) is 0 Å². The van der Waals surface area contributed by atoms with E-state index in [-0.39, 0.29) is 12.4 Å². The van der Waals surface area contributed by atoms with Crippen molar-refractivity contribution in [2.75, 3.05) is 6.79 Å². The van der Waals surface area contributed by atoms with Crippen molar-refractivity contribution in [3.8, 4) is 5.75 Å². The molecule has 112 valence electrons. The number of fused-ring (bicyclic) bond motifs is 2. The molecule has 0 radical (unpaired) electrons. The molecule has 0 aliphatic carbocycles. The highest BCUT2D eigenvalue weighted by molar-refractivity contribution is 7.16. The second-order valence-corrected chi connectivity index (χ2v) is 6.31. The third-order valence-electron chi connectivity index (χ3n) is 3.54. The van der Waals surface area contributed by atoms with E-state index in [1.807, 2.05) is 17.5 Å². The zero-order valence-electron chi connectivity index (χ0n) is 11.4. The van der Waals surface area contributed by atoms with Gasteiger partial charge < -0.3 is 9.47 Å². The number of benzene rings is 1. The molecule has 7 heteroatoms. The molecule has 0 spiro atoms. The van der Waals surface area contributed by atoms with Gasteiger partial charge in [-0.2, -0.15) is 0 Å². The smallest absolute Gasteiger partial charge is 0.262 e. The van der Waals surface area contributed by atoms with E-state index < -0.39 is 0 Å². The number of hydrogen-bond acceptors (Lipinski definition) is 5. The van der Waals surface area contributed by atoms with Gasteiger partial charge in [0, 0.05) is 16.1 Å². The van der Waals surface area contributed by atoms with Crippen LogP contribution in [0.4, 0.5) is 0 Å². The van der Waals surface area contributed by atoms with E-state index in [1.54, 1.807) is 17.0 Å². The Hall–Kier alpha value is -1.89. The highest BCUT2D eigenvalue weighted by Crippen LogP contribution is 2.32. The van der Waals surface area contributed by atoms with Crippen LogP contribution >= 0.6 is 22.9 Å². The first kappa shape index (κ1) is 13.8. The average molecular weight is 335 g/mol. The molecule has 4 rings (SSSR count). The van der Waals surface area contributed by atoms with Gasteiger partial charge in [-0.15, -0.1) is 11.3 Å². The fourth-order valence-corrected chi connectivity index (χ4v) is 3.55. The summed E-state index contributed by atoms with van der Waals surface area (Å²) < 4.78 is 12.4. The lowest BCUT2D eigenvalue weighted by molar-refractivity contribution is -0.0170. The lowest BCUT2D eigenvalue weighted by atomic mass is 10.1. The van der Waals surface area contributed by atoms with Crippen molar-refractivity contribution in [2.45, 2.75) is 13.2 Å². The van der Waals surface area contributed by atoms with Crippen molar-refractivity contribution in [3.63, 3.8) is 0 Å². The van der Waals surface area contributed by atoms with Crippen molar-refractivity contribution in [1.29, 1.82) is 0 Å². The molecule has 3 aromatic rings. The minimum Gasteiger partial charge on any atom is -0.467 e. The van der Waals surface area contributed by atoms with Crippen LogP contribution in [0, 0.1) is 0 Å². The van der Waals surface area contributed by atoms with Gasteiger partial charge >= 0.3 is 0 Å². The van der Waals surface area contributed by atoms with E-state index >= 15 is 0 Å². The molecule has 0 fully saturated rings. The second kappa shape index (κ2) is 5.39. The predicted octanol–water partition coefficient (Wildman–Crippen LogP) is 3.03. The van der Waals surface area contributed by atoms with Gasteiger partial charge in [-0.05, 0) is 23.6 Å². The highest BCUT2D eigenvalue weighted by atomic mass is 35.5. The van der Waals surface area contributed by atoms with E-state index in [0.29, 0.717) is 23.6 Å². The molecule has 1 aliphatic heterocycles. The van der Waals surface area contributed by atoms with Gasteiger partial charge in [-0.1, -0.05) is 11.6 Å². The topological polar surface area (TPSA) is 53.4 Å². The zero-order valence-corrected chi connectivity index (χ0v) is 13.0. The van der Waals surface area contributed by atoms with Crippen molar-refractivity contribution >= 4 is 33.2 Å². The molecule has 3 heterocycles. The molecular formula is C15H11ClN2O3S. The maximum absolute atomic E-state index is 12.5. The Morgan fingerprint density at radius 1 is 1.41 bits per heavy atom. The Morgan fingerprint density at radius 3 is 3.23 bits per heavy atom. The number of rotatable bonds is 2. The van der Waals surface area contributed by atoms with Crippen molar-refractivity contribution in [3.05, 3.63) is 56.4 Å². The SMILES string of the molecule is O=c1c2ccsc2ncn1Cc1cc(Cl)cc2c1OCOC2. The molecular weight excluding hydrogens is 324 g/mol. The molecule has 0 saturated heterocycles. The van der Waals surface area contributed by atoms with Gasteiger partial charge in [0.2, 0.25) is 0 Å². The first-order valence-corrected chi connectivity index (χ1v) is 7.92. The molecule has 1 aliphatic rings. The normalized spacial score (nSPS) is 13.9. The molecule has 0 saturated carbocycles. The zero-order chi connectivity index (χ0) is 15.1. The first-order valence-electron chi connectivity index (χ1n) is 6.67. The third kappa shape index (κ3) is 2.29. The molecule has 2 aromatic heterocycles. The minimum atomic E-state index is -0.0629. The standard InChI is InChI=1S/C15H11ClN2O3S/c16-11-3-9(13-10(4-11)6-20-8-21-13)5-18-7-17-14-12(15(18)19)1-2-22-14/h1-4,7H,5-6,8H2. The van der Waals surface area contributed by atoms with Gasteiger partial charge in [0.15, 0.2) is 6.79 Å². The third-order valence-corrected chi connectivity index (χ3v) is 4.58. The monoisotopic (exact) mass is 334 g/mol. The summed E-state index contributed by atoms with van der Waals surface area (Å²) in [5, 5.41) is 3.10. The first-order chi connectivity index (χ1) is 10.7. The summed E-state index contributed by atoms with van der Waals surface area (Å²) in [6, 6.07) is 5.43. The maximum Gasteiger partial charge on any atom is 0.262 e. The van der Waals surface area contributed by atoms with Gasteiger partial charge in [0.1, 0.15) is 10.6 Å². The van der Waals surface area contributed by atoms with Crippen molar-refractivity contribution < 1.29 is 9.47 Å². The maximum atomic E-state index is 12.5. The summed E-state index contributed by atoms with van der Waals surface area (Å²) in [5.41, 5.74) is 1.68. The van der Waals surface area contributed by atoms with Crippen molar-refractivity contribution in [2.24, 2.45) is 0 Å². The Labute approximate surface area is 134 Å². The Kier molecular flexibility index (Phi) is 3.37. The van der Waals surface area contributed by atoms with E-state index in [0.717, 1.165) is 21.7 Å². The lowest BCUT2D eigenvalue weighted by Crippen LogP contribution is -2.22. The van der Waals surface area contributed by atoms with Gasteiger partial charge in [-0.25, -0.2) is 4.98 Å². The number of aromatic nitrogens is 2. The number of halogens is 1. The lowest BCUT2D eigenvalue weighted by Gasteiger charge is -2.21. The number of ether oxygens (including phenoxy) is 2. The summed E-state index contributed by atoms with van der Waals surface area (Å²) in [4.78, 5) is 17.5. The Morgan fingerprint density at radius 2 is 2.32 bits per heavy atom. The van der Waals surface area contributed by atoms with Crippen LogP contribution in [0.25, 0.3) is 10.2 Å². The number of thiophene rings is 1. The Balaban J connectivity index is 1.81. The summed E-state index contributed by atoms with van der Waals surface area (Å²) in [7, 11) is 0. The molecule has 1 aromatic carbocycles. The van der Waals surface area contributed by atoms with Crippen molar-refractivity contribution in [1.82, 2.24) is 9.55 Å². The molecule has 0 amide bonds. The fourth-order valence-electron chi connectivity index (χ4n) is 2.56. The van der Waals surface area contributed by atoms with Crippen LogP contribution in [0.2, 0.25) is 5.02 Å². The van der Waals surface area contributed by atoms with Crippen LogP contribution in [-0.4, -0.2) is 16.3 Å². The average Bonchev–Trinajstić information content (AvgIpc) is 2.99. The van der Waals surface area contributed by atoms with E-state index in [2.05, 4.69) is 4.98 Å². The summed E-state index contributed by atoms with van der Waals surface area (Å²) in [5.74, 6) is 0.743. The van der Waals surface area contributed by atoms with E-state index in [9.17, 15) is 4.79 Å². The van der Waals surface area contributed by atoms with Gasteiger partial charge in [0.25, 0.3) is 5.56 Å². The summed E-state index contributed by atoms with van der Waals surface area (Å²) in [6.45, 7) is 1.03. The minimum absolute atomic E-state index is 0.0629. The second-order valence-electron chi connectivity index (χ2n) is 4.98. The molecule has 0 unspecified atom stereocenters. The number of nitrogens with zero attached hydrogens (tertiary/aromatic N) is 2. The predicted molar refractivity (Wildman–Crippen MR) is 84.7 cm³/mol. The highest BCUT2D eigenvalue weighted by Gasteiger charge is 2.17. The van der Waals surface area contributed by atoms with Gasteiger partial charge in [0.05, 0.1) is 24.9 Å².